The van der Waals surface area contributed by atoms with Gasteiger partial charge < -0.3 is 15.0 Å². The van der Waals surface area contributed by atoms with E-state index in [1.165, 1.54) is 12.0 Å². The Labute approximate surface area is 217 Å². The molecule has 0 heterocycles. The molecule has 0 saturated heterocycles. The normalized spacial score (nSPS) is 12.1. The summed E-state index contributed by atoms with van der Waals surface area (Å²) < 4.78 is 31.8. The third kappa shape index (κ3) is 7.49. The predicted molar refractivity (Wildman–Crippen MR) is 140 cm³/mol. The van der Waals surface area contributed by atoms with Crippen molar-refractivity contribution >= 4 is 50.7 Å². The molecule has 11 heteroatoms. The second-order valence-electron chi connectivity index (χ2n) is 8.13. The lowest BCUT2D eigenvalue weighted by atomic mass is 10.1. The Balaban J connectivity index is 2.50. The SMILES string of the molecule is CCCNC(=O)[C@H](C)N(Cc1c(Cl)cccc1Cl)C(=O)CN(c1cc(C)ccc1OC)S(C)(=O)=O. The van der Waals surface area contributed by atoms with Gasteiger partial charge in [0, 0.05) is 28.7 Å². The quantitative estimate of drug-likeness (QED) is 0.461. The van der Waals surface area contributed by atoms with E-state index in [4.69, 9.17) is 27.9 Å². The van der Waals surface area contributed by atoms with Gasteiger partial charge in [0.15, 0.2) is 0 Å². The molecule has 0 radical (unpaired) electrons. The van der Waals surface area contributed by atoms with E-state index in [9.17, 15) is 18.0 Å². The van der Waals surface area contributed by atoms with Gasteiger partial charge in [-0.25, -0.2) is 8.42 Å². The first-order chi connectivity index (χ1) is 16.4. The fraction of sp³-hybridized carbons (Fsp3) is 0.417. The van der Waals surface area contributed by atoms with Gasteiger partial charge in [-0.3, -0.25) is 13.9 Å². The molecule has 192 valence electrons. The maximum Gasteiger partial charge on any atom is 0.244 e. The Hall–Kier alpha value is -2.49. The number of anilines is 1. The molecule has 0 aliphatic heterocycles. The summed E-state index contributed by atoms with van der Waals surface area (Å²) in [6, 6.07) is 9.06. The van der Waals surface area contributed by atoms with Crippen LogP contribution in [-0.2, 0) is 26.2 Å². The number of rotatable bonds is 11. The van der Waals surface area contributed by atoms with E-state index in [0.717, 1.165) is 22.5 Å². The molecule has 0 fully saturated rings. The number of nitrogens with zero attached hydrogens (tertiary/aromatic N) is 2. The van der Waals surface area contributed by atoms with Gasteiger partial charge in [0.05, 0.1) is 19.1 Å². The highest BCUT2D eigenvalue weighted by Gasteiger charge is 2.31. The zero-order chi connectivity index (χ0) is 26.3. The molecule has 0 saturated carbocycles. The smallest absolute Gasteiger partial charge is 0.244 e. The molecular weight excluding hydrogens is 513 g/mol. The molecular formula is C24H31Cl2N3O5S. The van der Waals surface area contributed by atoms with Gasteiger partial charge in [0.2, 0.25) is 21.8 Å². The summed E-state index contributed by atoms with van der Waals surface area (Å²) in [6.07, 6.45) is 1.73. The zero-order valence-electron chi connectivity index (χ0n) is 20.5. The molecule has 0 spiro atoms. The van der Waals surface area contributed by atoms with Gasteiger partial charge in [-0.05, 0) is 50.1 Å². The molecule has 0 aromatic heterocycles. The molecule has 0 aliphatic carbocycles. The maximum atomic E-state index is 13.6. The Morgan fingerprint density at radius 2 is 1.77 bits per heavy atom. The lowest BCUT2D eigenvalue weighted by Crippen LogP contribution is -2.51. The second kappa shape index (κ2) is 12.5. The first-order valence-corrected chi connectivity index (χ1v) is 13.6. The van der Waals surface area contributed by atoms with Crippen LogP contribution in [-0.4, -0.2) is 57.6 Å². The average molecular weight is 545 g/mol. The predicted octanol–water partition coefficient (Wildman–Crippen LogP) is 4.02. The summed E-state index contributed by atoms with van der Waals surface area (Å²) in [6.45, 7) is 5.10. The molecule has 1 N–H and O–H groups in total. The van der Waals surface area contributed by atoms with Crippen LogP contribution in [0.3, 0.4) is 0 Å². The number of aryl methyl sites for hydroxylation is 1. The van der Waals surface area contributed by atoms with E-state index in [0.29, 0.717) is 27.9 Å². The summed E-state index contributed by atoms with van der Waals surface area (Å²) in [4.78, 5) is 27.7. The van der Waals surface area contributed by atoms with Crippen molar-refractivity contribution in [3.05, 3.63) is 57.6 Å². The Bertz CT molecular complexity index is 1150. The summed E-state index contributed by atoms with van der Waals surface area (Å²) in [5, 5.41) is 3.43. The van der Waals surface area contributed by atoms with Crippen molar-refractivity contribution in [3.8, 4) is 5.75 Å². The van der Waals surface area contributed by atoms with Gasteiger partial charge in [-0.15, -0.1) is 0 Å². The van der Waals surface area contributed by atoms with Crippen LogP contribution in [0, 0.1) is 6.92 Å². The van der Waals surface area contributed by atoms with Crippen LogP contribution >= 0.6 is 23.2 Å². The molecule has 1 atom stereocenters. The lowest BCUT2D eigenvalue weighted by Gasteiger charge is -2.32. The maximum absolute atomic E-state index is 13.6. The van der Waals surface area contributed by atoms with Gasteiger partial charge in [-0.2, -0.15) is 0 Å². The molecule has 0 unspecified atom stereocenters. The van der Waals surface area contributed by atoms with Gasteiger partial charge >= 0.3 is 0 Å². The van der Waals surface area contributed by atoms with Crippen LogP contribution in [0.4, 0.5) is 5.69 Å². The van der Waals surface area contributed by atoms with Crippen molar-refractivity contribution in [3.63, 3.8) is 0 Å². The molecule has 2 aromatic carbocycles. The van der Waals surface area contributed by atoms with E-state index < -0.39 is 28.5 Å². The summed E-state index contributed by atoms with van der Waals surface area (Å²) in [7, 11) is -2.47. The van der Waals surface area contributed by atoms with Gasteiger partial charge in [0.25, 0.3) is 0 Å². The number of halogens is 2. The summed E-state index contributed by atoms with van der Waals surface area (Å²) >= 11 is 12.7. The zero-order valence-corrected chi connectivity index (χ0v) is 22.8. The van der Waals surface area contributed by atoms with E-state index in [-0.39, 0.29) is 18.1 Å². The largest absolute Gasteiger partial charge is 0.495 e. The second-order valence-corrected chi connectivity index (χ2v) is 10.9. The Morgan fingerprint density at radius 1 is 1.14 bits per heavy atom. The number of ether oxygens (including phenoxy) is 1. The minimum absolute atomic E-state index is 0.0827. The van der Waals surface area contributed by atoms with Crippen LogP contribution in [0.5, 0.6) is 5.75 Å². The van der Waals surface area contributed by atoms with Crippen LogP contribution in [0.25, 0.3) is 0 Å². The van der Waals surface area contributed by atoms with Crippen molar-refractivity contribution in [1.82, 2.24) is 10.2 Å². The minimum atomic E-state index is -3.89. The number of benzene rings is 2. The molecule has 2 aromatic rings. The lowest BCUT2D eigenvalue weighted by molar-refractivity contribution is -0.139. The molecule has 2 rings (SSSR count). The number of carbonyl (C=O) groups excluding carboxylic acids is 2. The number of methoxy groups -OCH3 is 1. The van der Waals surface area contributed by atoms with Crippen LogP contribution in [0.2, 0.25) is 10.0 Å². The standard InChI is InChI=1S/C24H31Cl2N3O5S/c1-6-12-27-24(31)17(3)28(14-18-19(25)8-7-9-20(18)26)23(30)15-29(35(5,32)33)21-13-16(2)10-11-22(21)34-4/h7-11,13,17H,6,12,14-15H2,1-5H3,(H,27,31)/t17-/m0/s1. The van der Waals surface area contributed by atoms with Crippen molar-refractivity contribution in [1.29, 1.82) is 0 Å². The number of hydrogen-bond acceptors (Lipinski definition) is 5. The van der Waals surface area contributed by atoms with Gasteiger partial charge in [-0.1, -0.05) is 42.3 Å². The van der Waals surface area contributed by atoms with E-state index in [2.05, 4.69) is 5.32 Å². The number of hydrogen-bond donors (Lipinski definition) is 1. The molecule has 2 amide bonds. The van der Waals surface area contributed by atoms with E-state index in [1.807, 2.05) is 6.92 Å². The summed E-state index contributed by atoms with van der Waals surface area (Å²) in [5.41, 5.74) is 1.47. The monoisotopic (exact) mass is 543 g/mol. The number of nitrogens with one attached hydrogen (secondary N) is 1. The highest BCUT2D eigenvalue weighted by molar-refractivity contribution is 7.92. The van der Waals surface area contributed by atoms with Crippen molar-refractivity contribution < 1.29 is 22.7 Å². The first kappa shape index (κ1) is 28.7. The van der Waals surface area contributed by atoms with Crippen molar-refractivity contribution in [2.45, 2.75) is 39.8 Å². The molecule has 8 nitrogen and oxygen atoms in total. The third-order valence-electron chi connectivity index (χ3n) is 5.39. The van der Waals surface area contributed by atoms with Crippen LogP contribution in [0.15, 0.2) is 36.4 Å². The molecule has 35 heavy (non-hydrogen) atoms. The van der Waals surface area contributed by atoms with Crippen LogP contribution in [0.1, 0.15) is 31.4 Å². The average Bonchev–Trinajstić information content (AvgIpc) is 2.79. The fourth-order valence-electron chi connectivity index (χ4n) is 3.42. The minimum Gasteiger partial charge on any atom is -0.495 e. The topological polar surface area (TPSA) is 96.0 Å². The first-order valence-electron chi connectivity index (χ1n) is 11.0. The fourth-order valence-corrected chi connectivity index (χ4v) is 4.78. The van der Waals surface area contributed by atoms with Gasteiger partial charge in [0.1, 0.15) is 18.3 Å². The Morgan fingerprint density at radius 3 is 2.31 bits per heavy atom. The number of amides is 2. The number of sulfonamides is 1. The van der Waals surface area contributed by atoms with Crippen molar-refractivity contribution in [2.24, 2.45) is 0 Å². The van der Waals surface area contributed by atoms with Crippen LogP contribution < -0.4 is 14.4 Å². The molecule has 0 bridgehead atoms. The van der Waals surface area contributed by atoms with Crippen molar-refractivity contribution in [2.75, 3.05) is 30.8 Å². The molecule has 0 aliphatic rings. The van der Waals surface area contributed by atoms with E-state index in [1.54, 1.807) is 50.2 Å². The summed E-state index contributed by atoms with van der Waals surface area (Å²) in [5.74, 6) is -0.681. The highest BCUT2D eigenvalue weighted by atomic mass is 35.5. The van der Waals surface area contributed by atoms with E-state index >= 15 is 0 Å². The third-order valence-corrected chi connectivity index (χ3v) is 7.22. The Kier molecular flexibility index (Phi) is 10.2. The highest BCUT2D eigenvalue weighted by Crippen LogP contribution is 2.32. The number of carbonyl (C=O) groups is 2.